The number of nitrogens with one attached hydrogen (secondary N) is 2. The summed E-state index contributed by atoms with van der Waals surface area (Å²) >= 11 is 0. The van der Waals surface area contributed by atoms with E-state index in [1.54, 1.807) is 0 Å². The molecule has 0 aliphatic carbocycles. The Hall–Kier alpha value is -2.86. The zero-order chi connectivity index (χ0) is 22.1. The Balaban J connectivity index is 1.37. The van der Waals surface area contributed by atoms with Crippen LogP contribution in [0.4, 0.5) is 5.69 Å². The number of carbonyl (C=O) groups is 1. The summed E-state index contributed by atoms with van der Waals surface area (Å²) in [6, 6.07) is 16.2. The summed E-state index contributed by atoms with van der Waals surface area (Å²) in [4.78, 5) is 17.2. The molecule has 1 amide bonds. The molecular weight excluding hydrogens is 412 g/mol. The number of anilines is 1. The second-order valence-corrected chi connectivity index (χ2v) is 9.09. The molecule has 0 atom stereocenters. The molecule has 2 aromatic rings. The number of nitrogens with zero attached hydrogens (tertiary/aromatic N) is 2. The third kappa shape index (κ3) is 6.56. The van der Waals surface area contributed by atoms with Gasteiger partial charge in [-0.15, -0.1) is 6.42 Å². The molecule has 164 valence electrons. The predicted octanol–water partition coefficient (Wildman–Crippen LogP) is 1.54. The molecule has 2 aromatic carbocycles. The standard InChI is InChI=1S/C23H28N4O3S/c1-2-13-25-31(29,30)22-11-9-20(10-12-22)23(28)24-14-6-15-26-16-18-27(19-17-26)21-7-4-3-5-8-21/h1,3-5,7-12,25H,6,13-19H2,(H,24,28). The van der Waals surface area contributed by atoms with Crippen LogP contribution in [-0.4, -0.2) is 65.0 Å². The molecule has 8 heteroatoms. The highest BCUT2D eigenvalue weighted by atomic mass is 32.2. The van der Waals surface area contributed by atoms with Gasteiger partial charge in [0.15, 0.2) is 0 Å². The second-order valence-electron chi connectivity index (χ2n) is 7.33. The quantitative estimate of drug-likeness (QED) is 0.457. The minimum Gasteiger partial charge on any atom is -0.369 e. The Morgan fingerprint density at radius 1 is 1.00 bits per heavy atom. The summed E-state index contributed by atoms with van der Waals surface area (Å²) in [5.41, 5.74) is 1.69. The summed E-state index contributed by atoms with van der Waals surface area (Å²) in [5.74, 6) is 2.01. The van der Waals surface area contributed by atoms with E-state index in [-0.39, 0.29) is 17.3 Å². The molecule has 1 heterocycles. The summed E-state index contributed by atoms with van der Waals surface area (Å²) in [6.07, 6.45) is 5.94. The fraction of sp³-hybridized carbons (Fsp3) is 0.348. The summed E-state index contributed by atoms with van der Waals surface area (Å²) in [5, 5.41) is 2.90. The van der Waals surface area contributed by atoms with E-state index < -0.39 is 10.0 Å². The smallest absolute Gasteiger partial charge is 0.251 e. The molecule has 31 heavy (non-hydrogen) atoms. The highest BCUT2D eigenvalue weighted by Crippen LogP contribution is 2.15. The number of sulfonamides is 1. The van der Waals surface area contributed by atoms with Gasteiger partial charge in [0.1, 0.15) is 0 Å². The van der Waals surface area contributed by atoms with Crippen LogP contribution in [0.15, 0.2) is 59.5 Å². The van der Waals surface area contributed by atoms with Crippen molar-refractivity contribution in [3.05, 3.63) is 60.2 Å². The average Bonchev–Trinajstić information content (AvgIpc) is 2.81. The maximum atomic E-state index is 12.3. The Morgan fingerprint density at radius 3 is 2.32 bits per heavy atom. The zero-order valence-corrected chi connectivity index (χ0v) is 18.3. The van der Waals surface area contributed by atoms with Crippen LogP contribution in [0.5, 0.6) is 0 Å². The lowest BCUT2D eigenvalue weighted by atomic mass is 10.2. The van der Waals surface area contributed by atoms with Gasteiger partial charge in [0.25, 0.3) is 5.91 Å². The molecule has 0 radical (unpaired) electrons. The van der Waals surface area contributed by atoms with Crippen molar-refractivity contribution in [2.75, 3.05) is 50.7 Å². The van der Waals surface area contributed by atoms with Gasteiger partial charge in [-0.2, -0.15) is 4.72 Å². The molecule has 7 nitrogen and oxygen atoms in total. The van der Waals surface area contributed by atoms with E-state index in [4.69, 9.17) is 6.42 Å². The summed E-state index contributed by atoms with van der Waals surface area (Å²) < 4.78 is 26.3. The minimum absolute atomic E-state index is 0.0775. The number of hydrogen-bond donors (Lipinski definition) is 2. The third-order valence-electron chi connectivity index (χ3n) is 5.22. The third-order valence-corrected chi connectivity index (χ3v) is 6.64. The minimum atomic E-state index is -3.65. The van der Waals surface area contributed by atoms with Crippen molar-refractivity contribution < 1.29 is 13.2 Å². The molecule has 0 spiro atoms. The van der Waals surface area contributed by atoms with Gasteiger partial charge in [0.05, 0.1) is 11.4 Å². The number of hydrogen-bond acceptors (Lipinski definition) is 5. The van der Waals surface area contributed by atoms with Gasteiger partial charge in [0.2, 0.25) is 10.0 Å². The first kappa shape index (κ1) is 22.8. The van der Waals surface area contributed by atoms with Crippen LogP contribution in [0.3, 0.4) is 0 Å². The van der Waals surface area contributed by atoms with Crippen LogP contribution in [-0.2, 0) is 10.0 Å². The fourth-order valence-corrected chi connectivity index (χ4v) is 4.42. The Morgan fingerprint density at radius 2 is 1.68 bits per heavy atom. The van der Waals surface area contributed by atoms with Crippen LogP contribution >= 0.6 is 0 Å². The van der Waals surface area contributed by atoms with E-state index in [1.807, 2.05) is 6.07 Å². The van der Waals surface area contributed by atoms with Gasteiger partial charge >= 0.3 is 0 Å². The number of rotatable bonds is 9. The van der Waals surface area contributed by atoms with Crippen LogP contribution < -0.4 is 14.9 Å². The van der Waals surface area contributed by atoms with Crippen molar-refractivity contribution >= 4 is 21.6 Å². The first-order valence-corrected chi connectivity index (χ1v) is 11.8. The maximum absolute atomic E-state index is 12.3. The highest BCUT2D eigenvalue weighted by Gasteiger charge is 2.17. The molecule has 3 rings (SSSR count). The van der Waals surface area contributed by atoms with E-state index >= 15 is 0 Å². The molecule has 1 saturated heterocycles. The van der Waals surface area contributed by atoms with Gasteiger partial charge in [-0.05, 0) is 49.4 Å². The molecule has 0 saturated carbocycles. The SMILES string of the molecule is C#CCNS(=O)(=O)c1ccc(C(=O)NCCCN2CCN(c3ccccc3)CC2)cc1. The van der Waals surface area contributed by atoms with E-state index in [0.717, 1.165) is 39.1 Å². The van der Waals surface area contributed by atoms with E-state index in [0.29, 0.717) is 12.1 Å². The summed E-state index contributed by atoms with van der Waals surface area (Å²) in [6.45, 7) is 5.44. The lowest BCUT2D eigenvalue weighted by Crippen LogP contribution is -2.47. The number of para-hydroxylation sites is 1. The van der Waals surface area contributed by atoms with Gasteiger partial charge in [0, 0.05) is 44.0 Å². The normalized spacial score (nSPS) is 14.7. The first-order chi connectivity index (χ1) is 15.0. The molecule has 1 fully saturated rings. The van der Waals surface area contributed by atoms with Gasteiger partial charge < -0.3 is 10.2 Å². The topological polar surface area (TPSA) is 81.7 Å². The van der Waals surface area contributed by atoms with Gasteiger partial charge in [-0.1, -0.05) is 24.1 Å². The van der Waals surface area contributed by atoms with Crippen LogP contribution in [0, 0.1) is 12.3 Å². The molecule has 0 aromatic heterocycles. The van der Waals surface area contributed by atoms with Gasteiger partial charge in [-0.3, -0.25) is 9.69 Å². The van der Waals surface area contributed by atoms with Gasteiger partial charge in [-0.25, -0.2) is 8.42 Å². The van der Waals surface area contributed by atoms with E-state index in [2.05, 4.69) is 50.0 Å². The van der Waals surface area contributed by atoms with Crippen molar-refractivity contribution in [3.63, 3.8) is 0 Å². The molecule has 0 bridgehead atoms. The Kier molecular flexibility index (Phi) is 8.06. The number of terminal acetylenes is 1. The van der Waals surface area contributed by atoms with E-state index in [1.165, 1.54) is 30.0 Å². The van der Waals surface area contributed by atoms with Crippen molar-refractivity contribution in [1.82, 2.24) is 14.9 Å². The van der Waals surface area contributed by atoms with Crippen molar-refractivity contribution in [2.45, 2.75) is 11.3 Å². The molecule has 1 aliphatic heterocycles. The number of piperazine rings is 1. The van der Waals surface area contributed by atoms with Crippen LogP contribution in [0.2, 0.25) is 0 Å². The monoisotopic (exact) mass is 440 g/mol. The van der Waals surface area contributed by atoms with Crippen molar-refractivity contribution in [1.29, 1.82) is 0 Å². The zero-order valence-electron chi connectivity index (χ0n) is 17.5. The van der Waals surface area contributed by atoms with Crippen LogP contribution in [0.1, 0.15) is 16.8 Å². The fourth-order valence-electron chi connectivity index (χ4n) is 3.48. The Labute approximate surface area is 184 Å². The first-order valence-electron chi connectivity index (χ1n) is 10.3. The lowest BCUT2D eigenvalue weighted by Gasteiger charge is -2.36. The van der Waals surface area contributed by atoms with Crippen molar-refractivity contribution in [2.24, 2.45) is 0 Å². The molecule has 2 N–H and O–H groups in total. The number of amides is 1. The average molecular weight is 441 g/mol. The van der Waals surface area contributed by atoms with Crippen molar-refractivity contribution in [3.8, 4) is 12.3 Å². The molecule has 1 aliphatic rings. The number of benzene rings is 2. The highest BCUT2D eigenvalue weighted by molar-refractivity contribution is 7.89. The predicted molar refractivity (Wildman–Crippen MR) is 123 cm³/mol. The van der Waals surface area contributed by atoms with E-state index in [9.17, 15) is 13.2 Å². The number of carbonyl (C=O) groups excluding carboxylic acids is 1. The summed E-state index contributed by atoms with van der Waals surface area (Å²) in [7, 11) is -3.65. The molecular formula is C23H28N4O3S. The van der Waals surface area contributed by atoms with Crippen LogP contribution in [0.25, 0.3) is 0 Å². The largest absolute Gasteiger partial charge is 0.369 e. The second kappa shape index (κ2) is 11.0. The maximum Gasteiger partial charge on any atom is 0.251 e. The molecule has 0 unspecified atom stereocenters. The Bertz CT molecular complexity index is 993. The lowest BCUT2D eigenvalue weighted by molar-refractivity contribution is 0.0951.